The van der Waals surface area contributed by atoms with Crippen molar-refractivity contribution in [1.82, 2.24) is 20.2 Å². The van der Waals surface area contributed by atoms with Gasteiger partial charge >= 0.3 is 0 Å². The van der Waals surface area contributed by atoms with Crippen molar-refractivity contribution in [3.63, 3.8) is 0 Å². The van der Waals surface area contributed by atoms with Gasteiger partial charge in [0, 0.05) is 0 Å². The van der Waals surface area contributed by atoms with Gasteiger partial charge in [-0.1, -0.05) is 12.8 Å². The molecule has 82 valence electrons. The van der Waals surface area contributed by atoms with Crippen LogP contribution in [0.3, 0.4) is 0 Å². The smallest absolute Gasteiger partial charge is 0.265 e. The van der Waals surface area contributed by atoms with Crippen LogP contribution in [-0.4, -0.2) is 26.8 Å². The largest absolute Gasteiger partial charge is 0.271 e. The quantitative estimate of drug-likeness (QED) is 0.724. The van der Waals surface area contributed by atoms with Crippen molar-refractivity contribution >= 4 is 5.91 Å². The van der Waals surface area contributed by atoms with Crippen molar-refractivity contribution in [3.8, 4) is 0 Å². The molecule has 1 aromatic rings. The summed E-state index contributed by atoms with van der Waals surface area (Å²) in [5.74, 6) is -0.201. The zero-order valence-electron chi connectivity index (χ0n) is 8.43. The van der Waals surface area contributed by atoms with E-state index in [4.69, 9.17) is 4.84 Å². The molecular formula is C9H14N4O2. The van der Waals surface area contributed by atoms with Crippen LogP contribution in [0.2, 0.25) is 0 Å². The molecule has 15 heavy (non-hydrogen) atoms. The fourth-order valence-corrected chi connectivity index (χ4v) is 1.65. The summed E-state index contributed by atoms with van der Waals surface area (Å²) in [6, 6.07) is 0. The minimum atomic E-state index is -0.201. The van der Waals surface area contributed by atoms with Crippen molar-refractivity contribution in [2.45, 2.75) is 38.3 Å². The number of hydrogen-bond donors (Lipinski definition) is 1. The highest BCUT2D eigenvalue weighted by Gasteiger charge is 2.16. The monoisotopic (exact) mass is 210 g/mol. The summed E-state index contributed by atoms with van der Waals surface area (Å²) in [5.41, 5.74) is 2.44. The number of rotatable bonds is 4. The van der Waals surface area contributed by atoms with Gasteiger partial charge in [-0.25, -0.2) is 15.1 Å². The van der Waals surface area contributed by atoms with Crippen LogP contribution < -0.4 is 5.48 Å². The van der Waals surface area contributed by atoms with Gasteiger partial charge in [0.1, 0.15) is 19.2 Å². The van der Waals surface area contributed by atoms with Gasteiger partial charge in [-0.15, -0.1) is 0 Å². The Kier molecular flexibility index (Phi) is 3.29. The number of nitrogens with one attached hydrogen (secondary N) is 1. The molecule has 0 saturated heterocycles. The van der Waals surface area contributed by atoms with E-state index in [0.29, 0.717) is 0 Å². The zero-order valence-corrected chi connectivity index (χ0v) is 8.43. The van der Waals surface area contributed by atoms with Gasteiger partial charge < -0.3 is 0 Å². The van der Waals surface area contributed by atoms with Crippen molar-refractivity contribution in [2.24, 2.45) is 0 Å². The summed E-state index contributed by atoms with van der Waals surface area (Å²) in [7, 11) is 0. The van der Waals surface area contributed by atoms with Crippen LogP contribution >= 0.6 is 0 Å². The van der Waals surface area contributed by atoms with Crippen molar-refractivity contribution in [1.29, 1.82) is 0 Å². The Hall–Kier alpha value is -1.43. The Balaban J connectivity index is 1.68. The van der Waals surface area contributed by atoms with Gasteiger partial charge in [-0.05, 0) is 12.8 Å². The van der Waals surface area contributed by atoms with Crippen molar-refractivity contribution < 1.29 is 9.63 Å². The molecular weight excluding hydrogens is 196 g/mol. The van der Waals surface area contributed by atoms with E-state index >= 15 is 0 Å². The number of amides is 1. The normalized spacial score (nSPS) is 16.8. The fraction of sp³-hybridized carbons (Fsp3) is 0.667. The number of nitrogens with zero attached hydrogens (tertiary/aromatic N) is 3. The number of hydrogen-bond acceptors (Lipinski definition) is 4. The van der Waals surface area contributed by atoms with Crippen LogP contribution in [0.15, 0.2) is 12.7 Å². The zero-order chi connectivity index (χ0) is 10.5. The van der Waals surface area contributed by atoms with Gasteiger partial charge in [0.15, 0.2) is 0 Å². The van der Waals surface area contributed by atoms with Gasteiger partial charge in [0.2, 0.25) is 0 Å². The molecule has 0 atom stereocenters. The van der Waals surface area contributed by atoms with Crippen molar-refractivity contribution in [3.05, 3.63) is 12.7 Å². The predicted octanol–water partition coefficient (Wildman–Crippen LogP) is 0.268. The molecule has 1 aromatic heterocycles. The summed E-state index contributed by atoms with van der Waals surface area (Å²) in [4.78, 5) is 20.3. The lowest BCUT2D eigenvalue weighted by molar-refractivity contribution is -0.139. The van der Waals surface area contributed by atoms with E-state index in [9.17, 15) is 4.79 Å². The number of aromatic nitrogens is 3. The summed E-state index contributed by atoms with van der Waals surface area (Å²) in [5, 5.41) is 3.83. The van der Waals surface area contributed by atoms with Crippen LogP contribution in [-0.2, 0) is 16.2 Å². The highest BCUT2D eigenvalue weighted by Crippen LogP contribution is 2.19. The molecule has 0 unspecified atom stereocenters. The maximum atomic E-state index is 11.3. The molecule has 1 aliphatic rings. The van der Waals surface area contributed by atoms with E-state index in [1.807, 2.05) is 0 Å². The third-order valence-electron chi connectivity index (χ3n) is 2.41. The molecule has 0 spiro atoms. The fourth-order valence-electron chi connectivity index (χ4n) is 1.65. The molecule has 1 fully saturated rings. The van der Waals surface area contributed by atoms with E-state index in [1.54, 1.807) is 0 Å². The molecule has 1 aliphatic carbocycles. The van der Waals surface area contributed by atoms with Crippen LogP contribution in [0, 0.1) is 0 Å². The molecule has 0 bridgehead atoms. The van der Waals surface area contributed by atoms with Crippen LogP contribution in [0.1, 0.15) is 25.7 Å². The summed E-state index contributed by atoms with van der Waals surface area (Å²) in [6.45, 7) is 0.146. The average Bonchev–Trinajstić information content (AvgIpc) is 2.86. The first-order valence-corrected chi connectivity index (χ1v) is 5.11. The molecule has 0 aromatic carbocycles. The second kappa shape index (κ2) is 4.88. The number of carbonyl (C=O) groups is 1. The molecule has 6 heteroatoms. The minimum Gasteiger partial charge on any atom is -0.271 e. The Morgan fingerprint density at radius 3 is 3.00 bits per heavy atom. The molecule has 1 N–H and O–H groups in total. The highest BCUT2D eigenvalue weighted by atomic mass is 16.7. The van der Waals surface area contributed by atoms with E-state index < -0.39 is 0 Å². The summed E-state index contributed by atoms with van der Waals surface area (Å²) < 4.78 is 1.45. The first-order valence-electron chi connectivity index (χ1n) is 5.11. The maximum absolute atomic E-state index is 11.3. The molecule has 6 nitrogen and oxygen atoms in total. The SMILES string of the molecule is O=C(Cn1cncn1)NOC1CCCC1. The Morgan fingerprint density at radius 2 is 2.33 bits per heavy atom. The molecule has 1 heterocycles. The Bertz CT molecular complexity index is 306. The van der Waals surface area contributed by atoms with Crippen LogP contribution in [0.4, 0.5) is 0 Å². The van der Waals surface area contributed by atoms with Crippen LogP contribution in [0.25, 0.3) is 0 Å². The van der Waals surface area contributed by atoms with E-state index in [0.717, 1.165) is 12.8 Å². The lowest BCUT2D eigenvalue weighted by atomic mass is 10.3. The standard InChI is InChI=1S/C9H14N4O2/c14-9(5-13-7-10-6-11-13)12-15-8-3-1-2-4-8/h6-8H,1-5H2,(H,12,14). The minimum absolute atomic E-state index is 0.146. The highest BCUT2D eigenvalue weighted by molar-refractivity contribution is 5.74. The number of carbonyl (C=O) groups excluding carboxylic acids is 1. The van der Waals surface area contributed by atoms with Gasteiger partial charge in [-0.2, -0.15) is 5.10 Å². The van der Waals surface area contributed by atoms with E-state index in [1.165, 1.54) is 30.2 Å². The lowest BCUT2D eigenvalue weighted by Crippen LogP contribution is -2.31. The third kappa shape index (κ3) is 3.02. The van der Waals surface area contributed by atoms with Gasteiger partial charge in [0.05, 0.1) is 6.10 Å². The third-order valence-corrected chi connectivity index (χ3v) is 2.41. The lowest BCUT2D eigenvalue weighted by Gasteiger charge is -2.10. The maximum Gasteiger partial charge on any atom is 0.265 e. The molecule has 0 radical (unpaired) electrons. The molecule has 2 rings (SSSR count). The Morgan fingerprint density at radius 1 is 1.53 bits per heavy atom. The summed E-state index contributed by atoms with van der Waals surface area (Å²) in [6.07, 6.45) is 7.51. The molecule has 1 saturated carbocycles. The second-order valence-electron chi connectivity index (χ2n) is 3.64. The first kappa shape index (κ1) is 10.1. The van der Waals surface area contributed by atoms with Gasteiger partial charge in [0.25, 0.3) is 5.91 Å². The van der Waals surface area contributed by atoms with E-state index in [2.05, 4.69) is 15.6 Å². The van der Waals surface area contributed by atoms with Crippen molar-refractivity contribution in [2.75, 3.05) is 0 Å². The number of hydroxylamine groups is 1. The summed E-state index contributed by atoms with van der Waals surface area (Å²) >= 11 is 0. The van der Waals surface area contributed by atoms with Crippen LogP contribution in [0.5, 0.6) is 0 Å². The molecule has 1 amide bonds. The average molecular weight is 210 g/mol. The van der Waals surface area contributed by atoms with E-state index in [-0.39, 0.29) is 18.6 Å². The second-order valence-corrected chi connectivity index (χ2v) is 3.64. The Labute approximate surface area is 87.6 Å². The molecule has 0 aliphatic heterocycles. The topological polar surface area (TPSA) is 69.0 Å². The predicted molar refractivity (Wildman–Crippen MR) is 51.5 cm³/mol. The van der Waals surface area contributed by atoms with Gasteiger partial charge in [-0.3, -0.25) is 9.63 Å². The first-order chi connectivity index (χ1) is 7.34.